The molecule has 0 spiro atoms. The lowest BCUT2D eigenvalue weighted by Gasteiger charge is -2.16. The van der Waals surface area contributed by atoms with Crippen LogP contribution in [0.4, 0.5) is 0 Å². The molecule has 0 saturated carbocycles. The molecule has 1 N–H and O–H groups in total. The number of sulfone groups is 1. The molecule has 1 aromatic carbocycles. The van der Waals surface area contributed by atoms with E-state index in [9.17, 15) is 13.2 Å². The van der Waals surface area contributed by atoms with Crippen molar-refractivity contribution in [2.24, 2.45) is 0 Å². The lowest BCUT2D eigenvalue weighted by atomic mass is 10.2. The summed E-state index contributed by atoms with van der Waals surface area (Å²) in [4.78, 5) is 12.4. The van der Waals surface area contributed by atoms with Crippen LogP contribution < -0.4 is 5.32 Å². The monoisotopic (exact) mass is 394 g/mol. The molecule has 1 aliphatic heterocycles. The van der Waals surface area contributed by atoms with Crippen molar-refractivity contribution in [3.63, 3.8) is 0 Å². The standard InChI is InChI=1S/C17H22N4O3S2/c1-12(16(22)18-15-8-9-26(23,24)11-15)25-17-20-19-13(2)21(17)10-14-6-4-3-5-7-14/h3-7,12,15H,8-11H2,1-2H3,(H,18,22)/t12-,15-/m1/s1. The second kappa shape index (κ2) is 7.79. The summed E-state index contributed by atoms with van der Waals surface area (Å²) >= 11 is 1.33. The van der Waals surface area contributed by atoms with Crippen molar-refractivity contribution in [2.75, 3.05) is 11.5 Å². The van der Waals surface area contributed by atoms with Crippen molar-refractivity contribution in [3.8, 4) is 0 Å². The van der Waals surface area contributed by atoms with E-state index in [0.717, 1.165) is 11.4 Å². The number of nitrogens with one attached hydrogen (secondary N) is 1. The van der Waals surface area contributed by atoms with Gasteiger partial charge < -0.3 is 9.88 Å². The predicted octanol–water partition coefficient (Wildman–Crippen LogP) is 1.42. The first kappa shape index (κ1) is 18.9. The molecular weight excluding hydrogens is 372 g/mol. The fraction of sp³-hybridized carbons (Fsp3) is 0.471. The molecule has 2 aromatic rings. The van der Waals surface area contributed by atoms with Crippen molar-refractivity contribution >= 4 is 27.5 Å². The van der Waals surface area contributed by atoms with Crippen LogP contribution in [0.5, 0.6) is 0 Å². The van der Waals surface area contributed by atoms with Crippen molar-refractivity contribution in [1.29, 1.82) is 0 Å². The molecule has 140 valence electrons. The van der Waals surface area contributed by atoms with Crippen molar-refractivity contribution in [1.82, 2.24) is 20.1 Å². The van der Waals surface area contributed by atoms with Crippen LogP contribution in [0.3, 0.4) is 0 Å². The van der Waals surface area contributed by atoms with E-state index in [2.05, 4.69) is 15.5 Å². The number of thioether (sulfide) groups is 1. The molecule has 1 saturated heterocycles. The van der Waals surface area contributed by atoms with Gasteiger partial charge in [0.1, 0.15) is 5.82 Å². The molecule has 0 bridgehead atoms. The molecule has 9 heteroatoms. The normalized spacial score (nSPS) is 20.0. The number of carbonyl (C=O) groups is 1. The molecule has 2 heterocycles. The Morgan fingerprint density at radius 1 is 1.35 bits per heavy atom. The summed E-state index contributed by atoms with van der Waals surface area (Å²) in [5, 5.41) is 11.4. The predicted molar refractivity (Wildman–Crippen MR) is 101 cm³/mol. The van der Waals surface area contributed by atoms with E-state index in [-0.39, 0.29) is 23.5 Å². The van der Waals surface area contributed by atoms with Gasteiger partial charge in [-0.05, 0) is 25.8 Å². The molecule has 7 nitrogen and oxygen atoms in total. The second-order valence-electron chi connectivity index (χ2n) is 6.47. The van der Waals surface area contributed by atoms with Gasteiger partial charge in [-0.25, -0.2) is 8.42 Å². The largest absolute Gasteiger partial charge is 0.351 e. The lowest BCUT2D eigenvalue weighted by molar-refractivity contribution is -0.120. The Balaban J connectivity index is 1.64. The highest BCUT2D eigenvalue weighted by Gasteiger charge is 2.30. The van der Waals surface area contributed by atoms with E-state index < -0.39 is 15.1 Å². The van der Waals surface area contributed by atoms with Gasteiger partial charge in [-0.3, -0.25) is 4.79 Å². The number of hydrogen-bond donors (Lipinski definition) is 1. The SMILES string of the molecule is Cc1nnc(S[C@H](C)C(=O)N[C@@H]2CCS(=O)(=O)C2)n1Cc1ccccc1. The summed E-state index contributed by atoms with van der Waals surface area (Å²) in [7, 11) is -3.01. The molecule has 0 unspecified atom stereocenters. The Kier molecular flexibility index (Phi) is 5.67. The van der Waals surface area contributed by atoms with Crippen LogP contribution in [-0.4, -0.2) is 51.9 Å². The van der Waals surface area contributed by atoms with Gasteiger partial charge in [0.05, 0.1) is 23.3 Å². The van der Waals surface area contributed by atoms with Crippen LogP contribution >= 0.6 is 11.8 Å². The number of nitrogens with zero attached hydrogens (tertiary/aromatic N) is 3. The molecule has 1 aliphatic rings. The van der Waals surface area contributed by atoms with E-state index in [1.165, 1.54) is 11.8 Å². The smallest absolute Gasteiger partial charge is 0.233 e. The van der Waals surface area contributed by atoms with Crippen LogP contribution in [0.1, 0.15) is 24.7 Å². The minimum absolute atomic E-state index is 0.0272. The Hall–Kier alpha value is -1.87. The maximum Gasteiger partial charge on any atom is 0.233 e. The average Bonchev–Trinajstić information content (AvgIpc) is 3.11. The number of carbonyl (C=O) groups excluding carboxylic acids is 1. The highest BCUT2D eigenvalue weighted by atomic mass is 32.2. The number of rotatable bonds is 6. The van der Waals surface area contributed by atoms with Gasteiger partial charge in [-0.15, -0.1) is 10.2 Å². The number of aromatic nitrogens is 3. The minimum Gasteiger partial charge on any atom is -0.351 e. The zero-order valence-corrected chi connectivity index (χ0v) is 16.4. The van der Waals surface area contributed by atoms with Crippen LogP contribution in [0.2, 0.25) is 0 Å². The van der Waals surface area contributed by atoms with E-state index >= 15 is 0 Å². The average molecular weight is 395 g/mol. The summed E-state index contributed by atoms with van der Waals surface area (Å²) in [5.74, 6) is 0.776. The van der Waals surface area contributed by atoms with Gasteiger partial charge in [0.2, 0.25) is 5.91 Å². The molecule has 1 aromatic heterocycles. The van der Waals surface area contributed by atoms with Crippen molar-refractivity contribution in [3.05, 3.63) is 41.7 Å². The third-order valence-corrected chi connectivity index (χ3v) is 7.16. The van der Waals surface area contributed by atoms with Gasteiger partial charge in [-0.1, -0.05) is 42.1 Å². The first-order valence-corrected chi connectivity index (χ1v) is 11.2. The molecule has 1 fully saturated rings. The molecule has 2 atom stereocenters. The van der Waals surface area contributed by atoms with Gasteiger partial charge in [0, 0.05) is 6.04 Å². The summed E-state index contributed by atoms with van der Waals surface area (Å²) in [6.45, 7) is 4.31. The summed E-state index contributed by atoms with van der Waals surface area (Å²) in [6.07, 6.45) is 0.481. The van der Waals surface area contributed by atoms with Crippen LogP contribution in [0.15, 0.2) is 35.5 Å². The third-order valence-electron chi connectivity index (χ3n) is 4.32. The second-order valence-corrected chi connectivity index (χ2v) is 10.0. The van der Waals surface area contributed by atoms with E-state index in [1.54, 1.807) is 6.92 Å². The molecule has 0 aliphatic carbocycles. The molecule has 26 heavy (non-hydrogen) atoms. The molecule has 0 radical (unpaired) electrons. The molecule has 3 rings (SSSR count). The first-order chi connectivity index (χ1) is 12.3. The van der Waals surface area contributed by atoms with Gasteiger partial charge in [0.15, 0.2) is 15.0 Å². The van der Waals surface area contributed by atoms with Gasteiger partial charge in [-0.2, -0.15) is 0 Å². The number of hydrogen-bond acceptors (Lipinski definition) is 6. The minimum atomic E-state index is -3.01. The highest BCUT2D eigenvalue weighted by Crippen LogP contribution is 2.24. The Morgan fingerprint density at radius 2 is 2.08 bits per heavy atom. The molecule has 1 amide bonds. The Bertz CT molecular complexity index is 881. The topological polar surface area (TPSA) is 94.0 Å². The van der Waals surface area contributed by atoms with Crippen molar-refractivity contribution < 1.29 is 13.2 Å². The zero-order chi connectivity index (χ0) is 18.7. The van der Waals surface area contributed by atoms with E-state index in [1.807, 2.05) is 41.8 Å². The van der Waals surface area contributed by atoms with E-state index in [4.69, 9.17) is 0 Å². The number of benzene rings is 1. The fourth-order valence-electron chi connectivity index (χ4n) is 2.84. The van der Waals surface area contributed by atoms with Crippen molar-refractivity contribution in [2.45, 2.75) is 43.3 Å². The first-order valence-electron chi connectivity index (χ1n) is 8.45. The summed E-state index contributed by atoms with van der Waals surface area (Å²) in [6, 6.07) is 9.70. The number of aryl methyl sites for hydroxylation is 1. The van der Waals surface area contributed by atoms with Crippen LogP contribution in [-0.2, 0) is 21.2 Å². The number of amides is 1. The quantitative estimate of drug-likeness (QED) is 0.745. The summed E-state index contributed by atoms with van der Waals surface area (Å²) in [5.41, 5.74) is 1.13. The molecular formula is C17H22N4O3S2. The van der Waals surface area contributed by atoms with E-state index in [0.29, 0.717) is 18.1 Å². The third kappa shape index (κ3) is 4.64. The maximum atomic E-state index is 12.4. The van der Waals surface area contributed by atoms with Gasteiger partial charge in [0.25, 0.3) is 0 Å². The lowest BCUT2D eigenvalue weighted by Crippen LogP contribution is -2.40. The Morgan fingerprint density at radius 3 is 2.73 bits per heavy atom. The Labute approximate surface area is 157 Å². The maximum absolute atomic E-state index is 12.4. The zero-order valence-electron chi connectivity index (χ0n) is 14.8. The van der Waals surface area contributed by atoms with Crippen LogP contribution in [0.25, 0.3) is 0 Å². The highest BCUT2D eigenvalue weighted by molar-refractivity contribution is 8.00. The summed E-state index contributed by atoms with van der Waals surface area (Å²) < 4.78 is 25.0. The fourth-order valence-corrected chi connectivity index (χ4v) is 5.41. The van der Waals surface area contributed by atoms with Gasteiger partial charge >= 0.3 is 0 Å². The van der Waals surface area contributed by atoms with Crippen LogP contribution in [0, 0.1) is 6.92 Å².